The number of hydrogen-bond donors (Lipinski definition) is 1. The lowest BCUT2D eigenvalue weighted by atomic mass is 10.1. The molecule has 0 spiro atoms. The molecule has 1 heterocycles. The highest BCUT2D eigenvalue weighted by Crippen LogP contribution is 2.13. The molecule has 3 heteroatoms. The molecule has 13 heavy (non-hydrogen) atoms. The first kappa shape index (κ1) is 10.4. The number of nitrogens with two attached hydrogens (primary N) is 1. The van der Waals surface area contributed by atoms with Crippen LogP contribution in [0.15, 0.2) is 17.5 Å². The van der Waals surface area contributed by atoms with Gasteiger partial charge in [-0.3, -0.25) is 4.79 Å². The lowest BCUT2D eigenvalue weighted by Gasteiger charge is -2.07. The molecule has 1 atom stereocenters. The summed E-state index contributed by atoms with van der Waals surface area (Å²) in [6.45, 7) is 2.08. The molecular weight excluding hydrogens is 182 g/mol. The average molecular weight is 197 g/mol. The van der Waals surface area contributed by atoms with E-state index in [-0.39, 0.29) is 11.8 Å². The SMILES string of the molecule is CCCC(N)CC(=O)c1cccs1. The maximum absolute atomic E-state index is 11.5. The monoisotopic (exact) mass is 197 g/mol. The number of thiophene rings is 1. The minimum absolute atomic E-state index is 0.0274. The van der Waals surface area contributed by atoms with Gasteiger partial charge in [-0.05, 0) is 17.9 Å². The van der Waals surface area contributed by atoms with Crippen LogP contribution in [-0.2, 0) is 0 Å². The molecule has 1 aromatic rings. The third-order valence-electron chi connectivity index (χ3n) is 1.90. The Balaban J connectivity index is 2.42. The second-order valence-corrected chi connectivity index (χ2v) is 4.10. The van der Waals surface area contributed by atoms with Crippen molar-refractivity contribution >= 4 is 17.1 Å². The summed E-state index contributed by atoms with van der Waals surface area (Å²) < 4.78 is 0. The molecule has 0 aliphatic carbocycles. The van der Waals surface area contributed by atoms with Gasteiger partial charge in [-0.25, -0.2) is 0 Å². The fraction of sp³-hybridized carbons (Fsp3) is 0.500. The van der Waals surface area contributed by atoms with Crippen LogP contribution in [0.1, 0.15) is 35.9 Å². The maximum atomic E-state index is 11.5. The second kappa shape index (κ2) is 5.14. The fourth-order valence-corrected chi connectivity index (χ4v) is 1.92. The van der Waals surface area contributed by atoms with Crippen LogP contribution in [0.25, 0.3) is 0 Å². The lowest BCUT2D eigenvalue weighted by Crippen LogP contribution is -2.23. The van der Waals surface area contributed by atoms with E-state index in [1.807, 2.05) is 17.5 Å². The molecule has 0 aliphatic heterocycles. The number of Topliss-reactive ketones (excluding diaryl/α,β-unsaturated/α-hetero) is 1. The Hall–Kier alpha value is -0.670. The molecule has 1 rings (SSSR count). The summed E-state index contributed by atoms with van der Waals surface area (Å²) in [5.74, 6) is 0.177. The summed E-state index contributed by atoms with van der Waals surface area (Å²) in [4.78, 5) is 12.3. The molecule has 2 N–H and O–H groups in total. The van der Waals surface area contributed by atoms with E-state index < -0.39 is 0 Å². The summed E-state index contributed by atoms with van der Waals surface area (Å²) in [5, 5.41) is 1.92. The van der Waals surface area contributed by atoms with E-state index in [2.05, 4.69) is 6.92 Å². The molecule has 1 aromatic heterocycles. The van der Waals surface area contributed by atoms with Crippen molar-refractivity contribution in [1.82, 2.24) is 0 Å². The molecule has 0 aliphatic rings. The predicted octanol–water partition coefficient (Wildman–Crippen LogP) is 2.45. The number of hydrogen-bond acceptors (Lipinski definition) is 3. The maximum Gasteiger partial charge on any atom is 0.174 e. The van der Waals surface area contributed by atoms with Crippen molar-refractivity contribution in [2.75, 3.05) is 0 Å². The molecule has 72 valence electrons. The van der Waals surface area contributed by atoms with Crippen LogP contribution < -0.4 is 5.73 Å². The molecular formula is C10H15NOS. The fourth-order valence-electron chi connectivity index (χ4n) is 1.25. The van der Waals surface area contributed by atoms with Crippen LogP contribution in [0.5, 0.6) is 0 Å². The number of carbonyl (C=O) groups excluding carboxylic acids is 1. The summed E-state index contributed by atoms with van der Waals surface area (Å²) in [6.07, 6.45) is 2.45. The van der Waals surface area contributed by atoms with Gasteiger partial charge in [0.1, 0.15) is 0 Å². The Bertz CT molecular complexity index is 256. The molecule has 2 nitrogen and oxygen atoms in total. The summed E-state index contributed by atoms with van der Waals surface area (Å²) >= 11 is 1.49. The van der Waals surface area contributed by atoms with Crippen LogP contribution in [0, 0.1) is 0 Å². The highest BCUT2D eigenvalue weighted by molar-refractivity contribution is 7.12. The van der Waals surface area contributed by atoms with E-state index in [0.717, 1.165) is 17.7 Å². The van der Waals surface area contributed by atoms with Gasteiger partial charge in [0.05, 0.1) is 4.88 Å². The Kier molecular flexibility index (Phi) is 4.12. The smallest absolute Gasteiger partial charge is 0.174 e. The van der Waals surface area contributed by atoms with Gasteiger partial charge in [-0.1, -0.05) is 19.4 Å². The molecule has 0 saturated heterocycles. The highest BCUT2D eigenvalue weighted by Gasteiger charge is 2.11. The van der Waals surface area contributed by atoms with Crippen LogP contribution >= 0.6 is 11.3 Å². The van der Waals surface area contributed by atoms with E-state index in [0.29, 0.717) is 6.42 Å². The van der Waals surface area contributed by atoms with Gasteiger partial charge in [0.25, 0.3) is 0 Å². The van der Waals surface area contributed by atoms with Gasteiger partial charge < -0.3 is 5.73 Å². The first-order valence-corrected chi connectivity index (χ1v) is 5.44. The van der Waals surface area contributed by atoms with Gasteiger partial charge in [0.2, 0.25) is 0 Å². The minimum atomic E-state index is 0.0274. The zero-order valence-electron chi connectivity index (χ0n) is 7.82. The zero-order chi connectivity index (χ0) is 9.68. The van der Waals surface area contributed by atoms with Crippen molar-refractivity contribution in [3.63, 3.8) is 0 Å². The predicted molar refractivity (Wildman–Crippen MR) is 56.1 cm³/mol. The summed E-state index contributed by atoms with van der Waals surface area (Å²) in [6, 6.07) is 3.77. The Labute approximate surface area is 82.8 Å². The van der Waals surface area contributed by atoms with Crippen LogP contribution in [0.4, 0.5) is 0 Å². The number of ketones is 1. The average Bonchev–Trinajstić information content (AvgIpc) is 2.55. The highest BCUT2D eigenvalue weighted by atomic mass is 32.1. The number of rotatable bonds is 5. The first-order chi connectivity index (χ1) is 6.24. The second-order valence-electron chi connectivity index (χ2n) is 3.15. The quantitative estimate of drug-likeness (QED) is 0.737. The van der Waals surface area contributed by atoms with E-state index in [1.54, 1.807) is 0 Å². The Morgan fingerprint density at radius 1 is 1.69 bits per heavy atom. The summed E-state index contributed by atoms with van der Waals surface area (Å²) in [7, 11) is 0. The van der Waals surface area contributed by atoms with Crippen molar-refractivity contribution < 1.29 is 4.79 Å². The van der Waals surface area contributed by atoms with E-state index in [1.165, 1.54) is 11.3 Å². The van der Waals surface area contributed by atoms with E-state index in [4.69, 9.17) is 5.73 Å². The van der Waals surface area contributed by atoms with E-state index >= 15 is 0 Å². The summed E-state index contributed by atoms with van der Waals surface area (Å²) in [5.41, 5.74) is 5.78. The molecule has 0 aromatic carbocycles. The van der Waals surface area contributed by atoms with Gasteiger partial charge in [-0.15, -0.1) is 11.3 Å². The Morgan fingerprint density at radius 2 is 2.46 bits per heavy atom. The van der Waals surface area contributed by atoms with Gasteiger partial charge >= 0.3 is 0 Å². The van der Waals surface area contributed by atoms with Crippen molar-refractivity contribution in [2.24, 2.45) is 5.73 Å². The molecule has 0 fully saturated rings. The van der Waals surface area contributed by atoms with Gasteiger partial charge in [-0.2, -0.15) is 0 Å². The standard InChI is InChI=1S/C10H15NOS/c1-2-4-8(11)7-9(12)10-5-3-6-13-10/h3,5-6,8H,2,4,7,11H2,1H3. The molecule has 0 saturated carbocycles. The molecule has 0 radical (unpaired) electrons. The van der Waals surface area contributed by atoms with Gasteiger partial charge in [0, 0.05) is 12.5 Å². The van der Waals surface area contributed by atoms with Crippen LogP contribution in [0.2, 0.25) is 0 Å². The van der Waals surface area contributed by atoms with Crippen molar-refractivity contribution in [2.45, 2.75) is 32.2 Å². The largest absolute Gasteiger partial charge is 0.327 e. The molecule has 1 unspecified atom stereocenters. The van der Waals surface area contributed by atoms with Crippen LogP contribution in [-0.4, -0.2) is 11.8 Å². The van der Waals surface area contributed by atoms with Gasteiger partial charge in [0.15, 0.2) is 5.78 Å². The third-order valence-corrected chi connectivity index (χ3v) is 2.81. The molecule has 0 bridgehead atoms. The third kappa shape index (κ3) is 3.28. The zero-order valence-corrected chi connectivity index (χ0v) is 8.64. The Morgan fingerprint density at radius 3 is 3.00 bits per heavy atom. The number of carbonyl (C=O) groups is 1. The lowest BCUT2D eigenvalue weighted by molar-refractivity contribution is 0.0977. The van der Waals surface area contributed by atoms with Crippen LogP contribution in [0.3, 0.4) is 0 Å². The van der Waals surface area contributed by atoms with Crippen molar-refractivity contribution in [3.05, 3.63) is 22.4 Å². The van der Waals surface area contributed by atoms with Crippen molar-refractivity contribution in [1.29, 1.82) is 0 Å². The molecule has 0 amide bonds. The topological polar surface area (TPSA) is 43.1 Å². The van der Waals surface area contributed by atoms with E-state index in [9.17, 15) is 4.79 Å². The normalized spacial score (nSPS) is 12.8. The van der Waals surface area contributed by atoms with Crippen molar-refractivity contribution in [3.8, 4) is 0 Å². The minimum Gasteiger partial charge on any atom is -0.327 e. The first-order valence-electron chi connectivity index (χ1n) is 4.56.